The normalized spacial score (nSPS) is 12.4. The van der Waals surface area contributed by atoms with Gasteiger partial charge in [0.2, 0.25) is 10.0 Å². The Morgan fingerprint density at radius 2 is 1.75 bits per heavy atom. The fourth-order valence-electron chi connectivity index (χ4n) is 1.22. The lowest BCUT2D eigenvalue weighted by Gasteiger charge is -2.07. The molecule has 8 heteroatoms. The molecule has 1 rings (SSSR count). The Balaban J connectivity index is 3.20. The van der Waals surface area contributed by atoms with E-state index >= 15 is 0 Å². The summed E-state index contributed by atoms with van der Waals surface area (Å²) in [5.41, 5.74) is 0.503. The predicted octanol–water partition coefficient (Wildman–Crippen LogP) is 0.613. The highest BCUT2D eigenvalue weighted by atomic mass is 32.2. The molecule has 0 amide bonds. The number of rotatable bonds is 3. The number of anilines is 1. The molecule has 2 N–H and O–H groups in total. The fourth-order valence-corrected chi connectivity index (χ4v) is 2.48. The lowest BCUT2D eigenvalue weighted by Crippen LogP contribution is -2.10. The van der Waals surface area contributed by atoms with Crippen LogP contribution in [0.25, 0.3) is 0 Å². The Labute approximate surface area is 94.1 Å². The number of benzene rings is 1. The van der Waals surface area contributed by atoms with Crippen LogP contribution in [0.2, 0.25) is 0 Å². The van der Waals surface area contributed by atoms with Crippen LogP contribution in [0, 0.1) is 6.92 Å². The molecule has 0 atom stereocenters. The Morgan fingerprint density at radius 1 is 1.19 bits per heavy atom. The van der Waals surface area contributed by atoms with Gasteiger partial charge < -0.3 is 0 Å². The van der Waals surface area contributed by atoms with Crippen molar-refractivity contribution in [3.63, 3.8) is 0 Å². The second-order valence-corrected chi connectivity index (χ2v) is 6.47. The van der Waals surface area contributed by atoms with E-state index in [1.165, 1.54) is 19.1 Å². The van der Waals surface area contributed by atoms with E-state index < -0.39 is 20.1 Å². The summed E-state index contributed by atoms with van der Waals surface area (Å²) in [6, 6.07) is 3.72. The van der Waals surface area contributed by atoms with Crippen molar-refractivity contribution in [3.8, 4) is 0 Å². The van der Waals surface area contributed by atoms with Crippen molar-refractivity contribution in [3.05, 3.63) is 23.8 Å². The van der Waals surface area contributed by atoms with Crippen molar-refractivity contribution in [2.45, 2.75) is 11.8 Å². The second-order valence-electron chi connectivity index (χ2n) is 3.33. The first-order chi connectivity index (χ1) is 7.09. The van der Waals surface area contributed by atoms with Gasteiger partial charge in [0.15, 0.2) is 0 Å². The lowest BCUT2D eigenvalue weighted by molar-refractivity contribution is 0.482. The van der Waals surface area contributed by atoms with E-state index in [-0.39, 0.29) is 16.1 Å². The van der Waals surface area contributed by atoms with Gasteiger partial charge in [-0.15, -0.1) is 0 Å². The van der Waals surface area contributed by atoms with Gasteiger partial charge in [-0.1, -0.05) is 0 Å². The minimum Gasteiger partial charge on any atom is -0.284 e. The summed E-state index contributed by atoms with van der Waals surface area (Å²) in [4.78, 5) is -0.244. The van der Waals surface area contributed by atoms with E-state index in [0.29, 0.717) is 0 Å². The monoisotopic (exact) mass is 265 g/mol. The molecule has 0 unspecified atom stereocenters. The van der Waals surface area contributed by atoms with E-state index in [1.54, 1.807) is 0 Å². The molecule has 90 valence electrons. The van der Waals surface area contributed by atoms with Crippen LogP contribution in [0.5, 0.6) is 0 Å². The lowest BCUT2D eigenvalue weighted by atomic mass is 10.2. The number of sulfonamides is 1. The SMILES string of the molecule is Cc1cc(NS(C)(=O)=O)ccc1S(=O)(=O)O. The van der Waals surface area contributed by atoms with Crippen LogP contribution in [0.3, 0.4) is 0 Å². The molecule has 0 radical (unpaired) electrons. The van der Waals surface area contributed by atoms with Crippen molar-refractivity contribution >= 4 is 25.8 Å². The molecule has 6 nitrogen and oxygen atoms in total. The van der Waals surface area contributed by atoms with Gasteiger partial charge in [0.25, 0.3) is 10.1 Å². The minimum absolute atomic E-state index is 0.243. The van der Waals surface area contributed by atoms with Crippen molar-refractivity contribution in [2.24, 2.45) is 0 Å². The summed E-state index contributed by atoms with van der Waals surface area (Å²) in [6.07, 6.45) is 0.985. The van der Waals surface area contributed by atoms with Gasteiger partial charge in [0, 0.05) is 5.69 Å². The molecule has 0 saturated heterocycles. The maximum Gasteiger partial charge on any atom is 0.294 e. The smallest absolute Gasteiger partial charge is 0.284 e. The molecule has 0 heterocycles. The van der Waals surface area contributed by atoms with E-state index in [1.807, 2.05) is 0 Å². The van der Waals surface area contributed by atoms with Gasteiger partial charge >= 0.3 is 0 Å². The van der Waals surface area contributed by atoms with Crippen LogP contribution >= 0.6 is 0 Å². The molecule has 0 bridgehead atoms. The van der Waals surface area contributed by atoms with Crippen LogP contribution < -0.4 is 4.72 Å². The van der Waals surface area contributed by atoms with Crippen LogP contribution in [-0.4, -0.2) is 27.6 Å². The standard InChI is InChI=1S/C8H11NO5S2/c1-6-5-7(9-15(2,10)11)3-4-8(6)16(12,13)14/h3-5,9H,1-2H3,(H,12,13,14). The highest BCUT2D eigenvalue weighted by Gasteiger charge is 2.13. The Bertz CT molecular complexity index is 603. The first-order valence-corrected chi connectivity index (χ1v) is 7.49. The van der Waals surface area contributed by atoms with Crippen LogP contribution in [0.15, 0.2) is 23.1 Å². The van der Waals surface area contributed by atoms with Gasteiger partial charge in [0.1, 0.15) is 0 Å². The largest absolute Gasteiger partial charge is 0.294 e. The van der Waals surface area contributed by atoms with Crippen LogP contribution in [-0.2, 0) is 20.1 Å². The van der Waals surface area contributed by atoms with Gasteiger partial charge in [0.05, 0.1) is 11.2 Å². The molecule has 1 aromatic rings. The van der Waals surface area contributed by atoms with Crippen molar-refractivity contribution in [1.29, 1.82) is 0 Å². The quantitative estimate of drug-likeness (QED) is 0.780. The van der Waals surface area contributed by atoms with Gasteiger partial charge in [-0.2, -0.15) is 8.42 Å². The first kappa shape index (κ1) is 12.9. The number of aryl methyl sites for hydroxylation is 1. The molecule has 0 saturated carbocycles. The Kier molecular flexibility index (Phi) is 3.27. The van der Waals surface area contributed by atoms with E-state index in [0.717, 1.165) is 12.3 Å². The van der Waals surface area contributed by atoms with Gasteiger partial charge in [-0.05, 0) is 30.7 Å². The molecule has 0 aliphatic heterocycles. The van der Waals surface area contributed by atoms with Crippen molar-refractivity contribution in [2.75, 3.05) is 11.0 Å². The Morgan fingerprint density at radius 3 is 2.12 bits per heavy atom. The minimum atomic E-state index is -4.27. The summed E-state index contributed by atoms with van der Waals surface area (Å²) in [5.74, 6) is 0. The zero-order valence-corrected chi connectivity index (χ0v) is 10.3. The highest BCUT2D eigenvalue weighted by molar-refractivity contribution is 7.92. The molecule has 0 aliphatic rings. The molecular formula is C8H11NO5S2. The summed E-state index contributed by atoms with van der Waals surface area (Å²) in [7, 11) is -7.68. The topological polar surface area (TPSA) is 101 Å². The van der Waals surface area contributed by atoms with Gasteiger partial charge in [-0.3, -0.25) is 9.27 Å². The maximum atomic E-state index is 10.9. The third-order valence-corrected chi connectivity index (χ3v) is 3.38. The third-order valence-electron chi connectivity index (χ3n) is 1.76. The average molecular weight is 265 g/mol. The second kappa shape index (κ2) is 4.04. The van der Waals surface area contributed by atoms with Crippen molar-refractivity contribution < 1.29 is 21.4 Å². The molecule has 0 spiro atoms. The fraction of sp³-hybridized carbons (Fsp3) is 0.250. The van der Waals surface area contributed by atoms with Crippen LogP contribution in [0.1, 0.15) is 5.56 Å². The zero-order chi connectivity index (χ0) is 12.6. The average Bonchev–Trinajstić information content (AvgIpc) is 1.97. The van der Waals surface area contributed by atoms with E-state index in [2.05, 4.69) is 4.72 Å². The van der Waals surface area contributed by atoms with Crippen molar-refractivity contribution in [1.82, 2.24) is 0 Å². The molecule has 0 fully saturated rings. The molecule has 0 aliphatic carbocycles. The van der Waals surface area contributed by atoms with E-state index in [4.69, 9.17) is 4.55 Å². The van der Waals surface area contributed by atoms with E-state index in [9.17, 15) is 16.8 Å². The molecule has 16 heavy (non-hydrogen) atoms. The van der Waals surface area contributed by atoms with Gasteiger partial charge in [-0.25, -0.2) is 8.42 Å². The summed E-state index contributed by atoms with van der Waals surface area (Å²) in [5, 5.41) is 0. The predicted molar refractivity (Wildman–Crippen MR) is 59.5 cm³/mol. The third kappa shape index (κ3) is 3.47. The van der Waals surface area contributed by atoms with Crippen LogP contribution in [0.4, 0.5) is 5.69 Å². The zero-order valence-electron chi connectivity index (χ0n) is 8.63. The maximum absolute atomic E-state index is 10.9. The number of hydrogen-bond acceptors (Lipinski definition) is 4. The molecule has 0 aromatic heterocycles. The number of nitrogens with one attached hydrogen (secondary N) is 1. The summed E-state index contributed by atoms with van der Waals surface area (Å²) < 4.78 is 54.6. The molecule has 1 aromatic carbocycles. The highest BCUT2D eigenvalue weighted by Crippen LogP contribution is 2.19. The number of hydrogen-bond donors (Lipinski definition) is 2. The summed E-state index contributed by atoms with van der Waals surface area (Å²) in [6.45, 7) is 1.45. The molecular weight excluding hydrogens is 254 g/mol. The first-order valence-electron chi connectivity index (χ1n) is 4.15. The summed E-state index contributed by atoms with van der Waals surface area (Å²) >= 11 is 0. The Hall–Kier alpha value is -1.12.